The average molecular weight is 156 g/mol. The van der Waals surface area contributed by atoms with Crippen LogP contribution in [-0.2, 0) is 0 Å². The maximum Gasteiger partial charge on any atom is 0.00937 e. The van der Waals surface area contributed by atoms with Crippen molar-refractivity contribution in [3.63, 3.8) is 0 Å². The molecule has 1 N–H and O–H groups in total. The molecule has 1 aliphatic rings. The number of nitrogens with one attached hydrogen (secondary N) is 1. The lowest BCUT2D eigenvalue weighted by Gasteiger charge is -2.30. The van der Waals surface area contributed by atoms with Gasteiger partial charge in [-0.3, -0.25) is 0 Å². The standard InChI is InChI=1S/C9H20N2/c1-8(2)10-9-4-6-11(3)7-5-9/h8-10H,4-7H2,1-3H3. The van der Waals surface area contributed by atoms with Crippen molar-refractivity contribution in [2.75, 3.05) is 20.1 Å². The second kappa shape index (κ2) is 4.07. The van der Waals surface area contributed by atoms with Gasteiger partial charge in [0.25, 0.3) is 0 Å². The summed E-state index contributed by atoms with van der Waals surface area (Å²) in [5.74, 6) is 0. The number of piperidine rings is 1. The maximum absolute atomic E-state index is 3.58. The van der Waals surface area contributed by atoms with Crippen LogP contribution in [0.25, 0.3) is 0 Å². The van der Waals surface area contributed by atoms with Gasteiger partial charge in [0, 0.05) is 12.1 Å². The molecular formula is C9H20N2. The van der Waals surface area contributed by atoms with Gasteiger partial charge in [-0.25, -0.2) is 0 Å². The number of likely N-dealkylation sites (tertiary alicyclic amines) is 1. The van der Waals surface area contributed by atoms with Crippen LogP contribution in [0.15, 0.2) is 0 Å². The van der Waals surface area contributed by atoms with Gasteiger partial charge in [0.1, 0.15) is 0 Å². The first-order chi connectivity index (χ1) is 5.18. The van der Waals surface area contributed by atoms with Crippen molar-refractivity contribution in [3.05, 3.63) is 0 Å². The predicted molar refractivity (Wildman–Crippen MR) is 48.8 cm³/mol. The molecule has 1 aliphatic heterocycles. The van der Waals surface area contributed by atoms with Gasteiger partial charge in [0.2, 0.25) is 0 Å². The Morgan fingerprint density at radius 1 is 1.27 bits per heavy atom. The Bertz CT molecular complexity index is 104. The third kappa shape index (κ3) is 3.21. The summed E-state index contributed by atoms with van der Waals surface area (Å²) in [6, 6.07) is 1.41. The van der Waals surface area contributed by atoms with Gasteiger partial charge in [-0.05, 0) is 33.0 Å². The summed E-state index contributed by atoms with van der Waals surface area (Å²) >= 11 is 0. The Kier molecular flexibility index (Phi) is 3.34. The van der Waals surface area contributed by atoms with Gasteiger partial charge in [0.05, 0.1) is 0 Å². The van der Waals surface area contributed by atoms with Crippen LogP contribution in [0, 0.1) is 0 Å². The Labute approximate surface area is 70.0 Å². The summed E-state index contributed by atoms with van der Waals surface area (Å²) in [4.78, 5) is 2.40. The van der Waals surface area contributed by atoms with Crippen molar-refractivity contribution in [1.82, 2.24) is 10.2 Å². The lowest BCUT2D eigenvalue weighted by atomic mass is 10.1. The van der Waals surface area contributed by atoms with Gasteiger partial charge in [-0.15, -0.1) is 0 Å². The molecule has 0 aromatic heterocycles. The van der Waals surface area contributed by atoms with E-state index in [1.54, 1.807) is 0 Å². The van der Waals surface area contributed by atoms with E-state index in [2.05, 4.69) is 31.1 Å². The van der Waals surface area contributed by atoms with E-state index < -0.39 is 0 Å². The fraction of sp³-hybridized carbons (Fsp3) is 1.00. The maximum atomic E-state index is 3.58. The van der Waals surface area contributed by atoms with Crippen LogP contribution in [0.5, 0.6) is 0 Å². The molecule has 1 saturated heterocycles. The van der Waals surface area contributed by atoms with E-state index in [1.165, 1.54) is 25.9 Å². The number of nitrogens with zero attached hydrogens (tertiary/aromatic N) is 1. The monoisotopic (exact) mass is 156 g/mol. The number of hydrogen-bond donors (Lipinski definition) is 1. The third-order valence-electron chi connectivity index (χ3n) is 2.29. The largest absolute Gasteiger partial charge is 0.312 e. The second-order valence-corrected chi connectivity index (χ2v) is 3.90. The summed E-state index contributed by atoms with van der Waals surface area (Å²) in [7, 11) is 2.20. The summed E-state index contributed by atoms with van der Waals surface area (Å²) < 4.78 is 0. The van der Waals surface area contributed by atoms with Gasteiger partial charge < -0.3 is 10.2 Å². The zero-order chi connectivity index (χ0) is 8.27. The van der Waals surface area contributed by atoms with Gasteiger partial charge in [-0.2, -0.15) is 0 Å². The van der Waals surface area contributed by atoms with E-state index in [0.717, 1.165) is 6.04 Å². The molecule has 0 spiro atoms. The molecule has 0 aromatic carbocycles. The fourth-order valence-corrected chi connectivity index (χ4v) is 1.65. The first-order valence-electron chi connectivity index (χ1n) is 4.63. The van der Waals surface area contributed by atoms with Gasteiger partial charge >= 0.3 is 0 Å². The molecule has 2 nitrogen and oxygen atoms in total. The highest BCUT2D eigenvalue weighted by molar-refractivity contribution is 4.76. The van der Waals surface area contributed by atoms with Crippen LogP contribution < -0.4 is 5.32 Å². The Balaban J connectivity index is 2.17. The number of rotatable bonds is 2. The minimum atomic E-state index is 0.642. The smallest absolute Gasteiger partial charge is 0.00937 e. The quantitative estimate of drug-likeness (QED) is 0.643. The van der Waals surface area contributed by atoms with Gasteiger partial charge in [0.15, 0.2) is 0 Å². The van der Waals surface area contributed by atoms with Crippen molar-refractivity contribution in [1.29, 1.82) is 0 Å². The summed E-state index contributed by atoms with van der Waals surface area (Å²) in [5, 5.41) is 3.58. The molecule has 11 heavy (non-hydrogen) atoms. The minimum absolute atomic E-state index is 0.642. The lowest BCUT2D eigenvalue weighted by Crippen LogP contribution is -2.43. The van der Waals surface area contributed by atoms with Crippen LogP contribution in [-0.4, -0.2) is 37.1 Å². The summed E-state index contributed by atoms with van der Waals surface area (Å²) in [6.45, 7) is 6.95. The second-order valence-electron chi connectivity index (χ2n) is 3.90. The van der Waals surface area contributed by atoms with Gasteiger partial charge in [-0.1, -0.05) is 13.8 Å². The zero-order valence-electron chi connectivity index (χ0n) is 7.93. The molecule has 2 heteroatoms. The van der Waals surface area contributed by atoms with Crippen LogP contribution in [0.4, 0.5) is 0 Å². The molecule has 66 valence electrons. The van der Waals surface area contributed by atoms with E-state index in [-0.39, 0.29) is 0 Å². The van der Waals surface area contributed by atoms with Crippen molar-refractivity contribution >= 4 is 0 Å². The Hall–Kier alpha value is -0.0800. The average Bonchev–Trinajstić information content (AvgIpc) is 1.93. The third-order valence-corrected chi connectivity index (χ3v) is 2.29. The van der Waals surface area contributed by atoms with Crippen molar-refractivity contribution in [2.24, 2.45) is 0 Å². The minimum Gasteiger partial charge on any atom is -0.312 e. The van der Waals surface area contributed by atoms with Crippen LogP contribution in [0.2, 0.25) is 0 Å². The first-order valence-corrected chi connectivity index (χ1v) is 4.63. The molecule has 0 saturated carbocycles. The van der Waals surface area contributed by atoms with E-state index in [0.29, 0.717) is 6.04 Å². The van der Waals surface area contributed by atoms with Crippen molar-refractivity contribution in [2.45, 2.75) is 38.8 Å². The van der Waals surface area contributed by atoms with E-state index in [1.807, 2.05) is 0 Å². The molecule has 1 heterocycles. The molecule has 1 fully saturated rings. The zero-order valence-corrected chi connectivity index (χ0v) is 7.93. The molecule has 0 aliphatic carbocycles. The van der Waals surface area contributed by atoms with E-state index in [4.69, 9.17) is 0 Å². The predicted octanol–water partition coefficient (Wildman–Crippen LogP) is 1.08. The molecule has 0 radical (unpaired) electrons. The Morgan fingerprint density at radius 2 is 1.82 bits per heavy atom. The highest BCUT2D eigenvalue weighted by Crippen LogP contribution is 2.08. The van der Waals surface area contributed by atoms with Crippen LogP contribution >= 0.6 is 0 Å². The van der Waals surface area contributed by atoms with Crippen molar-refractivity contribution in [3.8, 4) is 0 Å². The normalized spacial score (nSPS) is 22.9. The molecule has 0 amide bonds. The molecular weight excluding hydrogens is 136 g/mol. The molecule has 0 aromatic rings. The van der Waals surface area contributed by atoms with E-state index in [9.17, 15) is 0 Å². The Morgan fingerprint density at radius 3 is 2.27 bits per heavy atom. The molecule has 1 rings (SSSR count). The summed E-state index contributed by atoms with van der Waals surface area (Å²) in [5.41, 5.74) is 0. The van der Waals surface area contributed by atoms with Crippen LogP contribution in [0.3, 0.4) is 0 Å². The van der Waals surface area contributed by atoms with Crippen molar-refractivity contribution < 1.29 is 0 Å². The lowest BCUT2D eigenvalue weighted by molar-refractivity contribution is 0.228. The van der Waals surface area contributed by atoms with E-state index >= 15 is 0 Å². The highest BCUT2D eigenvalue weighted by Gasteiger charge is 2.16. The fourth-order valence-electron chi connectivity index (χ4n) is 1.65. The first kappa shape index (κ1) is 9.01. The molecule has 0 bridgehead atoms. The topological polar surface area (TPSA) is 15.3 Å². The SMILES string of the molecule is CC(C)NC1CCN(C)CC1. The summed E-state index contributed by atoms with van der Waals surface area (Å²) in [6.07, 6.45) is 2.63. The highest BCUT2D eigenvalue weighted by atomic mass is 15.1. The number of hydrogen-bond acceptors (Lipinski definition) is 2. The molecule has 0 unspecified atom stereocenters. The molecule has 0 atom stereocenters. The van der Waals surface area contributed by atoms with Crippen LogP contribution in [0.1, 0.15) is 26.7 Å².